The monoisotopic (exact) mass is 364 g/mol. The van der Waals surface area contributed by atoms with Gasteiger partial charge in [0.2, 0.25) is 5.91 Å². The van der Waals surface area contributed by atoms with Crippen LogP contribution in [-0.2, 0) is 9.53 Å². The standard InChI is InChI=1S/C18H25ClN4O2/c1-11-6-16(21-22-17(11)19)20-15-7-13-9-23(10-14(13)8-15)18(24)12-2-4-25-5-3-12/h6,12-15H,2-5,7-10H2,1H3,(H,20,21)/t13-,14+,15?. The van der Waals surface area contributed by atoms with Crippen molar-refractivity contribution in [3.63, 3.8) is 0 Å². The molecule has 3 fully saturated rings. The van der Waals surface area contributed by atoms with Crippen molar-refractivity contribution < 1.29 is 9.53 Å². The number of anilines is 1. The molecular formula is C18H25ClN4O2. The molecule has 2 aliphatic heterocycles. The molecule has 1 saturated carbocycles. The number of hydrogen-bond donors (Lipinski definition) is 1. The highest BCUT2D eigenvalue weighted by atomic mass is 35.5. The average Bonchev–Trinajstić information content (AvgIpc) is 3.17. The molecule has 0 radical (unpaired) electrons. The molecule has 1 aliphatic carbocycles. The van der Waals surface area contributed by atoms with Crippen LogP contribution in [0.4, 0.5) is 5.82 Å². The Balaban J connectivity index is 1.31. The van der Waals surface area contributed by atoms with Crippen molar-refractivity contribution in [3.05, 3.63) is 16.8 Å². The lowest BCUT2D eigenvalue weighted by atomic mass is 9.98. The first kappa shape index (κ1) is 17.0. The Morgan fingerprint density at radius 3 is 2.56 bits per heavy atom. The molecule has 136 valence electrons. The van der Waals surface area contributed by atoms with E-state index >= 15 is 0 Å². The van der Waals surface area contributed by atoms with Crippen LogP contribution in [0.25, 0.3) is 0 Å². The van der Waals surface area contributed by atoms with E-state index in [0.29, 0.717) is 28.9 Å². The Labute approximate surface area is 153 Å². The van der Waals surface area contributed by atoms with Crippen LogP contribution >= 0.6 is 11.6 Å². The van der Waals surface area contributed by atoms with E-state index < -0.39 is 0 Å². The lowest BCUT2D eigenvalue weighted by Crippen LogP contribution is -2.38. The molecule has 1 aromatic rings. The van der Waals surface area contributed by atoms with Crippen molar-refractivity contribution in [1.29, 1.82) is 0 Å². The summed E-state index contributed by atoms with van der Waals surface area (Å²) >= 11 is 5.94. The number of ether oxygens (including phenoxy) is 1. The van der Waals surface area contributed by atoms with Crippen LogP contribution in [0.2, 0.25) is 5.15 Å². The molecular weight excluding hydrogens is 340 g/mol. The Bertz CT molecular complexity index is 636. The zero-order valence-electron chi connectivity index (χ0n) is 14.6. The fourth-order valence-electron chi connectivity index (χ4n) is 4.55. The number of carbonyl (C=O) groups excluding carboxylic acids is 1. The van der Waals surface area contributed by atoms with E-state index in [1.165, 1.54) is 0 Å². The highest BCUT2D eigenvalue weighted by molar-refractivity contribution is 6.30. The first-order valence-electron chi connectivity index (χ1n) is 9.23. The molecule has 1 aromatic heterocycles. The molecule has 0 spiro atoms. The molecule has 4 rings (SSSR count). The smallest absolute Gasteiger partial charge is 0.225 e. The van der Waals surface area contributed by atoms with Gasteiger partial charge >= 0.3 is 0 Å². The number of hydrogen-bond acceptors (Lipinski definition) is 5. The molecule has 2 saturated heterocycles. The molecule has 3 atom stereocenters. The second-order valence-electron chi connectivity index (χ2n) is 7.67. The molecule has 1 amide bonds. The number of carbonyl (C=O) groups is 1. The number of likely N-dealkylation sites (tertiary alicyclic amines) is 1. The second-order valence-corrected chi connectivity index (χ2v) is 8.02. The van der Waals surface area contributed by atoms with E-state index in [2.05, 4.69) is 20.4 Å². The predicted molar refractivity (Wildman–Crippen MR) is 95.5 cm³/mol. The predicted octanol–water partition coefficient (Wildman–Crippen LogP) is 2.51. The Kier molecular flexibility index (Phi) is 4.82. The maximum atomic E-state index is 12.7. The number of halogens is 1. The first-order valence-corrected chi connectivity index (χ1v) is 9.61. The Morgan fingerprint density at radius 1 is 1.24 bits per heavy atom. The summed E-state index contributed by atoms with van der Waals surface area (Å²) in [6.45, 7) is 5.20. The Morgan fingerprint density at radius 2 is 1.92 bits per heavy atom. The van der Waals surface area contributed by atoms with Crippen molar-refractivity contribution >= 4 is 23.3 Å². The zero-order valence-corrected chi connectivity index (χ0v) is 15.3. The Hall–Kier alpha value is -1.40. The molecule has 0 bridgehead atoms. The second kappa shape index (κ2) is 7.08. The largest absolute Gasteiger partial charge is 0.381 e. The van der Waals surface area contributed by atoms with E-state index in [4.69, 9.17) is 16.3 Å². The van der Waals surface area contributed by atoms with Crippen LogP contribution in [0, 0.1) is 24.7 Å². The van der Waals surface area contributed by atoms with Gasteiger partial charge in [0.1, 0.15) is 5.82 Å². The van der Waals surface area contributed by atoms with Gasteiger partial charge in [-0.2, -0.15) is 0 Å². The highest BCUT2D eigenvalue weighted by Crippen LogP contribution is 2.40. The summed E-state index contributed by atoms with van der Waals surface area (Å²) in [6, 6.07) is 2.36. The van der Waals surface area contributed by atoms with Crippen molar-refractivity contribution in [3.8, 4) is 0 Å². The first-order chi connectivity index (χ1) is 12.1. The van der Waals surface area contributed by atoms with Gasteiger partial charge in [0.25, 0.3) is 0 Å². The summed E-state index contributed by atoms with van der Waals surface area (Å²) in [7, 11) is 0. The van der Waals surface area contributed by atoms with Crippen molar-refractivity contribution in [2.75, 3.05) is 31.6 Å². The summed E-state index contributed by atoms with van der Waals surface area (Å²) in [4.78, 5) is 14.8. The number of fused-ring (bicyclic) bond motifs is 1. The van der Waals surface area contributed by atoms with Gasteiger partial charge in [-0.15, -0.1) is 10.2 Å². The van der Waals surface area contributed by atoms with E-state index in [9.17, 15) is 4.79 Å². The van der Waals surface area contributed by atoms with Crippen molar-refractivity contribution in [2.24, 2.45) is 17.8 Å². The maximum Gasteiger partial charge on any atom is 0.225 e. The summed E-state index contributed by atoms with van der Waals surface area (Å²) < 4.78 is 5.38. The molecule has 0 aromatic carbocycles. The molecule has 25 heavy (non-hydrogen) atoms. The van der Waals surface area contributed by atoms with E-state index in [1.54, 1.807) is 0 Å². The lowest BCUT2D eigenvalue weighted by molar-refractivity contribution is -0.137. The van der Waals surface area contributed by atoms with Gasteiger partial charge in [-0.1, -0.05) is 11.6 Å². The third-order valence-corrected chi connectivity index (χ3v) is 6.28. The van der Waals surface area contributed by atoms with Gasteiger partial charge in [-0.3, -0.25) is 4.79 Å². The van der Waals surface area contributed by atoms with Gasteiger partial charge in [0.05, 0.1) is 0 Å². The van der Waals surface area contributed by atoms with Gasteiger partial charge in [0, 0.05) is 38.3 Å². The maximum absolute atomic E-state index is 12.7. The lowest BCUT2D eigenvalue weighted by Gasteiger charge is -2.27. The number of nitrogens with one attached hydrogen (secondary N) is 1. The highest BCUT2D eigenvalue weighted by Gasteiger charge is 2.43. The molecule has 3 aliphatic rings. The van der Waals surface area contributed by atoms with Crippen LogP contribution in [0.1, 0.15) is 31.2 Å². The fraction of sp³-hybridized carbons (Fsp3) is 0.722. The van der Waals surface area contributed by atoms with Crippen LogP contribution in [0.15, 0.2) is 6.07 Å². The summed E-state index contributed by atoms with van der Waals surface area (Å²) in [6.07, 6.45) is 3.93. The van der Waals surface area contributed by atoms with E-state index in [1.807, 2.05) is 13.0 Å². The number of aromatic nitrogens is 2. The van der Waals surface area contributed by atoms with Gasteiger partial charge in [-0.25, -0.2) is 0 Å². The minimum absolute atomic E-state index is 0.175. The molecule has 1 unspecified atom stereocenters. The normalized spacial score (nSPS) is 29.7. The topological polar surface area (TPSA) is 67.4 Å². The van der Waals surface area contributed by atoms with Crippen molar-refractivity contribution in [2.45, 2.75) is 38.6 Å². The third-order valence-electron chi connectivity index (χ3n) is 5.91. The summed E-state index contributed by atoms with van der Waals surface area (Å²) in [5.74, 6) is 2.52. The number of aryl methyl sites for hydroxylation is 1. The quantitative estimate of drug-likeness (QED) is 0.892. The molecule has 6 nitrogen and oxygen atoms in total. The molecule has 7 heteroatoms. The average molecular weight is 365 g/mol. The number of amides is 1. The SMILES string of the molecule is Cc1cc(NC2C[C@@H]3CN(C(=O)C4CCOCC4)C[C@@H]3C2)nnc1Cl. The minimum Gasteiger partial charge on any atom is -0.381 e. The summed E-state index contributed by atoms with van der Waals surface area (Å²) in [5.41, 5.74) is 0.936. The number of rotatable bonds is 3. The van der Waals surface area contributed by atoms with Crippen molar-refractivity contribution in [1.82, 2.24) is 15.1 Å². The minimum atomic E-state index is 0.175. The van der Waals surface area contributed by atoms with Crippen LogP contribution in [0.5, 0.6) is 0 Å². The number of nitrogens with zero attached hydrogens (tertiary/aromatic N) is 3. The van der Waals surface area contributed by atoms with Crippen LogP contribution < -0.4 is 5.32 Å². The van der Waals surface area contributed by atoms with Gasteiger partial charge in [0.15, 0.2) is 5.15 Å². The molecule has 1 N–H and O–H groups in total. The van der Waals surface area contributed by atoms with Crippen LogP contribution in [0.3, 0.4) is 0 Å². The van der Waals surface area contributed by atoms with Gasteiger partial charge in [-0.05, 0) is 56.1 Å². The van der Waals surface area contributed by atoms with E-state index in [0.717, 1.165) is 63.4 Å². The third kappa shape index (κ3) is 3.60. The molecule has 3 heterocycles. The summed E-state index contributed by atoms with van der Waals surface area (Å²) in [5, 5.41) is 12.0. The fourth-order valence-corrected chi connectivity index (χ4v) is 4.64. The van der Waals surface area contributed by atoms with Gasteiger partial charge < -0.3 is 15.0 Å². The van der Waals surface area contributed by atoms with Crippen LogP contribution in [-0.4, -0.2) is 53.3 Å². The zero-order chi connectivity index (χ0) is 17.4. The van der Waals surface area contributed by atoms with E-state index in [-0.39, 0.29) is 5.92 Å².